The highest BCUT2D eigenvalue weighted by Gasteiger charge is 2.06. The lowest BCUT2D eigenvalue weighted by atomic mass is 10.2. The van der Waals surface area contributed by atoms with Crippen molar-refractivity contribution >= 4 is 11.5 Å². The monoisotopic (exact) mass is 270 g/mol. The third-order valence-corrected chi connectivity index (χ3v) is 3.13. The van der Waals surface area contributed by atoms with E-state index in [1.165, 1.54) is 5.56 Å². The Morgan fingerprint density at radius 3 is 2.55 bits per heavy atom. The van der Waals surface area contributed by atoms with E-state index >= 15 is 0 Å². The number of nitrogens with one attached hydrogen (secondary N) is 1. The highest BCUT2D eigenvalue weighted by atomic mass is 15.2. The number of benzene rings is 1. The Labute approximate surface area is 120 Å². The first-order chi connectivity index (χ1) is 9.56. The van der Waals surface area contributed by atoms with Crippen molar-refractivity contribution in [1.82, 2.24) is 15.5 Å². The minimum atomic E-state index is 0.450. The first-order valence-corrected chi connectivity index (χ1v) is 6.92. The lowest BCUT2D eigenvalue weighted by Crippen LogP contribution is -2.22. The summed E-state index contributed by atoms with van der Waals surface area (Å²) in [5.74, 6) is 0.851. The highest BCUT2D eigenvalue weighted by Crippen LogP contribution is 2.21. The molecule has 1 N–H and O–H groups in total. The van der Waals surface area contributed by atoms with Crippen LogP contribution in [0.15, 0.2) is 36.4 Å². The van der Waals surface area contributed by atoms with Gasteiger partial charge in [0.1, 0.15) is 0 Å². The number of hydrogen-bond acceptors (Lipinski definition) is 4. The molecule has 0 aliphatic rings. The van der Waals surface area contributed by atoms with Crippen LogP contribution >= 0.6 is 0 Å². The summed E-state index contributed by atoms with van der Waals surface area (Å²) in [5, 5.41) is 11.9. The molecule has 1 heterocycles. The molecule has 0 radical (unpaired) electrons. The van der Waals surface area contributed by atoms with E-state index in [-0.39, 0.29) is 0 Å². The minimum Gasteiger partial charge on any atom is -0.328 e. The Kier molecular flexibility index (Phi) is 4.69. The molecule has 2 aromatic rings. The van der Waals surface area contributed by atoms with Crippen molar-refractivity contribution in [2.75, 3.05) is 11.9 Å². The van der Waals surface area contributed by atoms with E-state index in [9.17, 15) is 0 Å². The first-order valence-electron chi connectivity index (χ1n) is 6.92. The number of aromatic nitrogens is 2. The molecule has 4 nitrogen and oxygen atoms in total. The van der Waals surface area contributed by atoms with E-state index in [1.54, 1.807) is 0 Å². The van der Waals surface area contributed by atoms with Gasteiger partial charge < -0.3 is 10.2 Å². The topological polar surface area (TPSA) is 41.0 Å². The van der Waals surface area contributed by atoms with Gasteiger partial charge in [-0.3, -0.25) is 0 Å². The maximum atomic E-state index is 4.30. The second-order valence-corrected chi connectivity index (χ2v) is 5.32. The fraction of sp³-hybridized carbons (Fsp3) is 0.375. The molecule has 1 aromatic carbocycles. The van der Waals surface area contributed by atoms with Crippen molar-refractivity contribution in [1.29, 1.82) is 0 Å². The van der Waals surface area contributed by atoms with Gasteiger partial charge in [0, 0.05) is 25.3 Å². The molecule has 4 heteroatoms. The van der Waals surface area contributed by atoms with Gasteiger partial charge in [-0.05, 0) is 36.8 Å². The number of aryl methyl sites for hydroxylation is 1. The molecule has 0 spiro atoms. The fourth-order valence-corrected chi connectivity index (χ4v) is 1.90. The second-order valence-electron chi connectivity index (χ2n) is 5.32. The summed E-state index contributed by atoms with van der Waals surface area (Å²) in [6, 6.07) is 12.8. The predicted molar refractivity (Wildman–Crippen MR) is 83.2 cm³/mol. The highest BCUT2D eigenvalue weighted by molar-refractivity contribution is 5.59. The summed E-state index contributed by atoms with van der Waals surface area (Å²) in [6.45, 7) is 7.07. The largest absolute Gasteiger partial charge is 0.328 e. The van der Waals surface area contributed by atoms with Crippen molar-refractivity contribution in [3.05, 3.63) is 47.7 Å². The summed E-state index contributed by atoms with van der Waals surface area (Å²) >= 11 is 0. The molecule has 106 valence electrons. The maximum Gasteiger partial charge on any atom is 0.155 e. The minimum absolute atomic E-state index is 0.450. The zero-order chi connectivity index (χ0) is 14.5. The number of nitrogens with zero attached hydrogens (tertiary/aromatic N) is 3. The molecule has 20 heavy (non-hydrogen) atoms. The molecular weight excluding hydrogens is 248 g/mol. The van der Waals surface area contributed by atoms with E-state index < -0.39 is 0 Å². The van der Waals surface area contributed by atoms with Crippen molar-refractivity contribution < 1.29 is 0 Å². The molecule has 0 aliphatic carbocycles. The van der Waals surface area contributed by atoms with Gasteiger partial charge in [0.15, 0.2) is 5.82 Å². The molecule has 2 rings (SSSR count). The van der Waals surface area contributed by atoms with E-state index in [1.807, 2.05) is 24.1 Å². The lowest BCUT2D eigenvalue weighted by molar-refractivity contribution is 0.577. The SMILES string of the molecule is Cc1cccc(N(C)c2ccc(CNC(C)C)nn2)c1. The molecular formula is C16H22N4. The van der Waals surface area contributed by atoms with Crippen molar-refractivity contribution in [2.45, 2.75) is 33.4 Å². The second kappa shape index (κ2) is 6.48. The smallest absolute Gasteiger partial charge is 0.155 e. The van der Waals surface area contributed by atoms with Crippen LogP contribution in [-0.4, -0.2) is 23.3 Å². The van der Waals surface area contributed by atoms with Crippen molar-refractivity contribution in [3.8, 4) is 0 Å². The van der Waals surface area contributed by atoms with Gasteiger partial charge in [0.25, 0.3) is 0 Å². The molecule has 1 aromatic heterocycles. The zero-order valence-corrected chi connectivity index (χ0v) is 12.6. The number of rotatable bonds is 5. The molecule has 0 saturated carbocycles. The summed E-state index contributed by atoms with van der Waals surface area (Å²) in [5.41, 5.74) is 3.31. The van der Waals surface area contributed by atoms with Crippen molar-refractivity contribution in [3.63, 3.8) is 0 Å². The lowest BCUT2D eigenvalue weighted by Gasteiger charge is -2.18. The van der Waals surface area contributed by atoms with Crippen LogP contribution < -0.4 is 10.2 Å². The van der Waals surface area contributed by atoms with Gasteiger partial charge in [-0.25, -0.2) is 0 Å². The van der Waals surface area contributed by atoms with Gasteiger partial charge in [-0.1, -0.05) is 26.0 Å². The summed E-state index contributed by atoms with van der Waals surface area (Å²) < 4.78 is 0. The fourth-order valence-electron chi connectivity index (χ4n) is 1.90. The summed E-state index contributed by atoms with van der Waals surface area (Å²) in [6.07, 6.45) is 0. The Balaban J connectivity index is 2.09. The Morgan fingerprint density at radius 1 is 1.15 bits per heavy atom. The summed E-state index contributed by atoms with van der Waals surface area (Å²) in [7, 11) is 2.00. The summed E-state index contributed by atoms with van der Waals surface area (Å²) in [4.78, 5) is 2.04. The molecule has 0 fully saturated rings. The van der Waals surface area contributed by atoms with Crippen LogP contribution in [0.5, 0.6) is 0 Å². The van der Waals surface area contributed by atoms with Crippen molar-refractivity contribution in [2.24, 2.45) is 0 Å². The van der Waals surface area contributed by atoms with Gasteiger partial charge in [0.05, 0.1) is 5.69 Å². The van der Waals surface area contributed by atoms with Crippen LogP contribution in [0.2, 0.25) is 0 Å². The standard InChI is InChI=1S/C16H22N4/c1-12(2)17-11-14-8-9-16(19-18-14)20(4)15-7-5-6-13(3)10-15/h5-10,12,17H,11H2,1-4H3. The van der Waals surface area contributed by atoms with Crippen LogP contribution in [0, 0.1) is 6.92 Å². The molecule has 0 atom stereocenters. The van der Waals surface area contributed by atoms with E-state index in [0.29, 0.717) is 6.04 Å². The molecule has 0 saturated heterocycles. The first kappa shape index (κ1) is 14.5. The average Bonchev–Trinajstić information content (AvgIpc) is 2.45. The van der Waals surface area contributed by atoms with Crippen LogP contribution in [0.1, 0.15) is 25.1 Å². The average molecular weight is 270 g/mol. The number of hydrogen-bond donors (Lipinski definition) is 1. The van der Waals surface area contributed by atoms with Gasteiger partial charge in [-0.2, -0.15) is 5.10 Å². The van der Waals surface area contributed by atoms with Crippen LogP contribution in [0.25, 0.3) is 0 Å². The third-order valence-electron chi connectivity index (χ3n) is 3.13. The van der Waals surface area contributed by atoms with Crippen LogP contribution in [-0.2, 0) is 6.54 Å². The maximum absolute atomic E-state index is 4.30. The Hall–Kier alpha value is -1.94. The van der Waals surface area contributed by atoms with Gasteiger partial charge in [0.2, 0.25) is 0 Å². The quantitative estimate of drug-likeness (QED) is 0.906. The van der Waals surface area contributed by atoms with Crippen LogP contribution in [0.3, 0.4) is 0 Å². The normalized spacial score (nSPS) is 10.8. The molecule has 0 amide bonds. The van der Waals surface area contributed by atoms with Gasteiger partial charge >= 0.3 is 0 Å². The Bertz CT molecular complexity index is 549. The Morgan fingerprint density at radius 2 is 1.95 bits per heavy atom. The molecule has 0 aliphatic heterocycles. The predicted octanol–water partition coefficient (Wildman–Crippen LogP) is 3.05. The van der Waals surface area contributed by atoms with E-state index in [0.717, 1.165) is 23.7 Å². The van der Waals surface area contributed by atoms with Gasteiger partial charge in [-0.15, -0.1) is 5.10 Å². The molecule has 0 bridgehead atoms. The van der Waals surface area contributed by atoms with E-state index in [2.05, 4.69) is 60.6 Å². The zero-order valence-electron chi connectivity index (χ0n) is 12.6. The third kappa shape index (κ3) is 3.78. The number of anilines is 2. The van der Waals surface area contributed by atoms with Crippen LogP contribution in [0.4, 0.5) is 11.5 Å². The molecule has 0 unspecified atom stereocenters. The van der Waals surface area contributed by atoms with E-state index in [4.69, 9.17) is 0 Å².